The summed E-state index contributed by atoms with van der Waals surface area (Å²) < 4.78 is 7.13. The topological polar surface area (TPSA) is 53.1 Å². The van der Waals surface area contributed by atoms with E-state index in [9.17, 15) is 0 Å². The summed E-state index contributed by atoms with van der Waals surface area (Å²) in [6.07, 6.45) is 1.88. The number of nitrogens with two attached hydrogens (primary N) is 1. The zero-order chi connectivity index (χ0) is 13.2. The van der Waals surface area contributed by atoms with Crippen LogP contribution in [0.1, 0.15) is 5.56 Å². The second-order valence-corrected chi connectivity index (χ2v) is 4.44. The summed E-state index contributed by atoms with van der Waals surface area (Å²) in [4.78, 5) is 0. The van der Waals surface area contributed by atoms with Gasteiger partial charge < -0.3 is 10.5 Å². The number of hydrogen-bond acceptors (Lipinski definition) is 3. The Morgan fingerprint density at radius 3 is 2.84 bits per heavy atom. The van der Waals surface area contributed by atoms with Crippen molar-refractivity contribution in [2.45, 2.75) is 6.54 Å². The quantitative estimate of drug-likeness (QED) is 0.730. The minimum absolute atomic E-state index is 0.650. The fraction of sp³-hybridized carbons (Fsp3) is 0.133. The number of benzene rings is 2. The molecule has 1 aromatic heterocycles. The summed E-state index contributed by atoms with van der Waals surface area (Å²) in [5.74, 6) is 0.703. The molecule has 3 rings (SSSR count). The number of anilines is 1. The first-order valence-electron chi connectivity index (χ1n) is 6.11. The number of nitrogens with zero attached hydrogens (tertiary/aromatic N) is 2. The highest BCUT2D eigenvalue weighted by Crippen LogP contribution is 2.23. The van der Waals surface area contributed by atoms with Crippen LogP contribution >= 0.6 is 0 Å². The Morgan fingerprint density at radius 1 is 1.21 bits per heavy atom. The van der Waals surface area contributed by atoms with Crippen LogP contribution in [0, 0.1) is 0 Å². The van der Waals surface area contributed by atoms with Crippen molar-refractivity contribution in [2.24, 2.45) is 0 Å². The highest BCUT2D eigenvalue weighted by Gasteiger charge is 2.05. The van der Waals surface area contributed by atoms with Crippen molar-refractivity contribution in [1.29, 1.82) is 0 Å². The van der Waals surface area contributed by atoms with Crippen LogP contribution < -0.4 is 10.5 Å². The molecule has 0 bridgehead atoms. The van der Waals surface area contributed by atoms with Gasteiger partial charge in [0.1, 0.15) is 5.75 Å². The Hall–Kier alpha value is -2.49. The van der Waals surface area contributed by atoms with Gasteiger partial charge in [-0.05, 0) is 23.8 Å². The predicted octanol–water partition coefficient (Wildman–Crippen LogP) is 2.68. The Bertz CT molecular complexity index is 718. The molecule has 4 nitrogen and oxygen atoms in total. The van der Waals surface area contributed by atoms with E-state index in [1.54, 1.807) is 7.11 Å². The van der Waals surface area contributed by atoms with Crippen LogP contribution in [-0.2, 0) is 6.54 Å². The molecule has 3 aromatic rings. The minimum atomic E-state index is 0.650. The molecule has 1 heterocycles. The number of para-hydroxylation sites is 1. The van der Waals surface area contributed by atoms with Crippen molar-refractivity contribution >= 4 is 16.6 Å². The van der Waals surface area contributed by atoms with Gasteiger partial charge in [-0.2, -0.15) is 5.10 Å². The molecule has 0 atom stereocenters. The molecule has 0 aliphatic carbocycles. The molecule has 2 aromatic carbocycles. The van der Waals surface area contributed by atoms with Crippen LogP contribution in [0.5, 0.6) is 5.75 Å². The van der Waals surface area contributed by atoms with Gasteiger partial charge >= 0.3 is 0 Å². The first kappa shape index (κ1) is 11.6. The summed E-state index contributed by atoms with van der Waals surface area (Å²) in [7, 11) is 1.62. The third kappa shape index (κ3) is 2.12. The normalized spacial score (nSPS) is 10.8. The highest BCUT2D eigenvalue weighted by atomic mass is 16.5. The van der Waals surface area contributed by atoms with Gasteiger partial charge in [0.15, 0.2) is 0 Å². The molecule has 0 aliphatic rings. The first-order valence-corrected chi connectivity index (χ1v) is 6.11. The van der Waals surface area contributed by atoms with E-state index in [0.717, 1.165) is 16.5 Å². The summed E-state index contributed by atoms with van der Waals surface area (Å²) in [6, 6.07) is 14.0. The zero-order valence-corrected chi connectivity index (χ0v) is 10.7. The SMILES string of the molecule is COc1ccc(Cn2ncc3ccccc32)cc1N. The van der Waals surface area contributed by atoms with Crippen molar-refractivity contribution in [3.63, 3.8) is 0 Å². The maximum absolute atomic E-state index is 5.92. The van der Waals surface area contributed by atoms with Crippen molar-refractivity contribution < 1.29 is 4.74 Å². The number of fused-ring (bicyclic) bond motifs is 1. The molecule has 2 N–H and O–H groups in total. The van der Waals surface area contributed by atoms with Crippen LogP contribution in [0.3, 0.4) is 0 Å². The van der Waals surface area contributed by atoms with Crippen LogP contribution in [-0.4, -0.2) is 16.9 Å². The van der Waals surface area contributed by atoms with Crippen LogP contribution in [0.2, 0.25) is 0 Å². The molecule has 0 saturated carbocycles. The van der Waals surface area contributed by atoms with E-state index in [2.05, 4.69) is 17.2 Å². The minimum Gasteiger partial charge on any atom is -0.495 e. The lowest BCUT2D eigenvalue weighted by Crippen LogP contribution is -2.02. The summed E-state index contributed by atoms with van der Waals surface area (Å²) in [6.45, 7) is 0.696. The second kappa shape index (κ2) is 4.65. The van der Waals surface area contributed by atoms with Gasteiger partial charge in [0.2, 0.25) is 0 Å². The van der Waals surface area contributed by atoms with E-state index in [-0.39, 0.29) is 0 Å². The van der Waals surface area contributed by atoms with Gasteiger partial charge in [-0.25, -0.2) is 0 Å². The maximum Gasteiger partial charge on any atom is 0.141 e. The number of ether oxygens (including phenoxy) is 1. The van der Waals surface area contributed by atoms with Gasteiger partial charge in [0.25, 0.3) is 0 Å². The number of methoxy groups -OCH3 is 1. The third-order valence-electron chi connectivity index (χ3n) is 3.18. The van der Waals surface area contributed by atoms with Crippen LogP contribution in [0.4, 0.5) is 5.69 Å². The molecule has 0 aliphatic heterocycles. The molecule has 19 heavy (non-hydrogen) atoms. The third-order valence-corrected chi connectivity index (χ3v) is 3.18. The Balaban J connectivity index is 1.95. The monoisotopic (exact) mass is 253 g/mol. The number of nitrogen functional groups attached to an aromatic ring is 1. The fourth-order valence-electron chi connectivity index (χ4n) is 2.21. The lowest BCUT2D eigenvalue weighted by Gasteiger charge is -2.08. The maximum atomic E-state index is 5.92. The van der Waals surface area contributed by atoms with Gasteiger partial charge in [-0.1, -0.05) is 24.3 Å². The van der Waals surface area contributed by atoms with Crippen molar-refractivity contribution in [3.8, 4) is 5.75 Å². The van der Waals surface area contributed by atoms with E-state index >= 15 is 0 Å². The van der Waals surface area contributed by atoms with E-state index in [1.165, 1.54) is 0 Å². The first-order chi connectivity index (χ1) is 9.28. The molecule has 0 radical (unpaired) electrons. The Labute approximate surface area is 111 Å². The smallest absolute Gasteiger partial charge is 0.141 e. The number of rotatable bonds is 3. The number of aromatic nitrogens is 2. The molecule has 0 fully saturated rings. The number of hydrogen-bond donors (Lipinski definition) is 1. The van der Waals surface area contributed by atoms with Gasteiger partial charge in [-0.15, -0.1) is 0 Å². The molecule has 0 saturated heterocycles. The van der Waals surface area contributed by atoms with Crippen LogP contribution in [0.25, 0.3) is 10.9 Å². The van der Waals surface area contributed by atoms with Crippen molar-refractivity contribution in [3.05, 3.63) is 54.2 Å². The highest BCUT2D eigenvalue weighted by molar-refractivity contribution is 5.78. The van der Waals surface area contributed by atoms with Crippen LogP contribution in [0.15, 0.2) is 48.7 Å². The average Bonchev–Trinajstić information content (AvgIpc) is 2.83. The molecular weight excluding hydrogens is 238 g/mol. The van der Waals surface area contributed by atoms with E-state index in [1.807, 2.05) is 41.2 Å². The fourth-order valence-corrected chi connectivity index (χ4v) is 2.21. The summed E-state index contributed by atoms with van der Waals surface area (Å²) >= 11 is 0. The Morgan fingerprint density at radius 2 is 2.05 bits per heavy atom. The predicted molar refractivity (Wildman–Crippen MR) is 76.2 cm³/mol. The molecule has 96 valence electrons. The molecule has 4 heteroatoms. The largest absolute Gasteiger partial charge is 0.495 e. The van der Waals surface area contributed by atoms with Gasteiger partial charge in [0.05, 0.1) is 31.1 Å². The van der Waals surface area contributed by atoms with Crippen molar-refractivity contribution in [2.75, 3.05) is 12.8 Å². The Kier molecular flexibility index (Phi) is 2.83. The van der Waals surface area contributed by atoms with Gasteiger partial charge in [0, 0.05) is 5.39 Å². The zero-order valence-electron chi connectivity index (χ0n) is 10.7. The molecular formula is C15H15N3O. The standard InChI is InChI=1S/C15H15N3O/c1-19-15-7-6-11(8-13(15)16)10-18-14-5-3-2-4-12(14)9-17-18/h2-9H,10,16H2,1H3. The van der Waals surface area contributed by atoms with E-state index < -0.39 is 0 Å². The van der Waals surface area contributed by atoms with E-state index in [0.29, 0.717) is 18.0 Å². The molecule has 0 amide bonds. The summed E-state index contributed by atoms with van der Waals surface area (Å²) in [5.41, 5.74) is 8.79. The summed E-state index contributed by atoms with van der Waals surface area (Å²) in [5, 5.41) is 5.55. The average molecular weight is 253 g/mol. The lowest BCUT2D eigenvalue weighted by atomic mass is 10.2. The van der Waals surface area contributed by atoms with Crippen molar-refractivity contribution in [1.82, 2.24) is 9.78 Å². The lowest BCUT2D eigenvalue weighted by molar-refractivity contribution is 0.417. The second-order valence-electron chi connectivity index (χ2n) is 4.44. The van der Waals surface area contributed by atoms with Gasteiger partial charge in [-0.3, -0.25) is 4.68 Å². The van der Waals surface area contributed by atoms with E-state index in [4.69, 9.17) is 10.5 Å². The molecule has 0 unspecified atom stereocenters. The molecule has 0 spiro atoms.